The summed E-state index contributed by atoms with van der Waals surface area (Å²) in [6.45, 7) is 6.91. The van der Waals surface area contributed by atoms with Crippen LogP contribution in [0.1, 0.15) is 139 Å². The van der Waals surface area contributed by atoms with Gasteiger partial charge in [0.15, 0.2) is 0 Å². The Labute approximate surface area is 744 Å². The first-order valence-electron chi connectivity index (χ1n) is 40.0. The van der Waals surface area contributed by atoms with Crippen LogP contribution in [0, 0.1) is 11.8 Å². The molecule has 0 aliphatic heterocycles. The topological polar surface area (TPSA) is 693 Å². The Kier molecular flexibility index (Phi) is 32.8. The number of rotatable bonds is 39. The zero-order valence-electron chi connectivity index (χ0n) is 70.2. The Bertz CT molecular complexity index is 5650. The van der Waals surface area contributed by atoms with Gasteiger partial charge in [-0.25, -0.2) is 4.79 Å². The summed E-state index contributed by atoms with van der Waals surface area (Å²) in [5.74, 6) is -26.8. The Hall–Kier alpha value is -16.9. The minimum atomic E-state index is -2.21. The van der Waals surface area contributed by atoms with Crippen molar-refractivity contribution in [2.24, 2.45) is 17.6 Å². The first-order valence-corrected chi connectivity index (χ1v) is 40.0. The van der Waals surface area contributed by atoms with E-state index in [0.29, 0.717) is 5.56 Å². The van der Waals surface area contributed by atoms with E-state index in [1.807, 2.05) is 0 Å². The second-order valence-electron chi connectivity index (χ2n) is 31.0. The van der Waals surface area contributed by atoms with Gasteiger partial charge in [-0.05, 0) is 166 Å². The van der Waals surface area contributed by atoms with Gasteiger partial charge in [-0.2, -0.15) is 0 Å². The van der Waals surface area contributed by atoms with E-state index >= 15 is 28.8 Å². The number of hydrogen-bond acceptors (Lipinski definition) is 27. The second-order valence-corrected chi connectivity index (χ2v) is 31.0. The molecule has 0 radical (unpaired) electrons. The van der Waals surface area contributed by atoms with Gasteiger partial charge >= 0.3 is 11.9 Å². The third-order valence-electron chi connectivity index (χ3n) is 20.2. The van der Waals surface area contributed by atoms with Crippen molar-refractivity contribution in [1.82, 2.24) is 63.8 Å². The summed E-state index contributed by atoms with van der Waals surface area (Å²) in [6, 6.07) is 12.5. The molecule has 9 aromatic rings. The molecule has 0 aromatic heterocycles. The molecule has 688 valence electrons. The van der Waals surface area contributed by atoms with Crippen LogP contribution in [0.5, 0.6) is 69.0 Å². The number of carbonyl (C=O) groups is 14. The van der Waals surface area contributed by atoms with Crippen molar-refractivity contribution >= 4 is 82.8 Å². The van der Waals surface area contributed by atoms with E-state index in [4.69, 9.17) is 5.73 Å². The SMILES string of the molecule is CC(C)[C@H](NC(=O)[C@H](NC(=O)[C@@H](NC(=O)[C@H](NC(=O)[C@@H](NC(=O)[C@@H](C)NC(=O)[C@@H](NC(=O)[C@H](NC(=O)[C@H](N)c1ccc(O)cc1)c1cc(O)cc(O)c1)C(C)C)c1ccc(O)cc1)c1cc(O)cc(O)c1)c1ccc(O)cc1)c1cc(O)cc(O)c1)C(=O)N[C@@H](C(=O)N[C@H](C(=O)N[C@@H](Cc1ccccc1)C(=O)N[C@@H](CC(=O)O)C(=O)O)c1ccc(O)cc1)c1cc(O)cc(O)c1. The van der Waals surface area contributed by atoms with Crippen LogP contribution in [0.15, 0.2) is 200 Å². The van der Waals surface area contributed by atoms with E-state index in [1.54, 1.807) is 18.2 Å². The average Bonchev–Trinajstić information content (AvgIpc) is 0.812. The smallest absolute Gasteiger partial charge is 0.326 e. The molecule has 41 heteroatoms. The molecule has 0 saturated carbocycles. The van der Waals surface area contributed by atoms with Crippen LogP contribution in [-0.2, 0) is 73.5 Å². The van der Waals surface area contributed by atoms with E-state index < -0.39 is 248 Å². The van der Waals surface area contributed by atoms with Gasteiger partial charge in [0.25, 0.3) is 0 Å². The van der Waals surface area contributed by atoms with E-state index in [1.165, 1.54) is 64.1 Å². The Balaban J connectivity index is 0.994. The Morgan fingerprint density at radius 1 is 0.252 bits per heavy atom. The lowest BCUT2D eigenvalue weighted by Gasteiger charge is -2.30. The fourth-order valence-corrected chi connectivity index (χ4v) is 13.6. The van der Waals surface area contributed by atoms with Gasteiger partial charge in [-0.3, -0.25) is 62.3 Å². The number of nitrogens with one attached hydrogen (secondary N) is 12. The van der Waals surface area contributed by atoms with Crippen molar-refractivity contribution in [3.63, 3.8) is 0 Å². The van der Waals surface area contributed by atoms with E-state index in [2.05, 4.69) is 63.8 Å². The third-order valence-corrected chi connectivity index (χ3v) is 20.2. The van der Waals surface area contributed by atoms with E-state index in [-0.39, 0.29) is 51.5 Å². The van der Waals surface area contributed by atoms with Crippen LogP contribution < -0.4 is 69.5 Å². The molecule has 12 amide bonds. The van der Waals surface area contributed by atoms with E-state index in [9.17, 15) is 110 Å². The summed E-state index contributed by atoms with van der Waals surface area (Å²) in [6.07, 6.45) is -1.47. The number of aromatic hydroxyl groups is 12. The van der Waals surface area contributed by atoms with Crippen molar-refractivity contribution in [3.8, 4) is 69.0 Å². The summed E-state index contributed by atoms with van der Waals surface area (Å²) in [5.41, 5.74) is 4.79. The van der Waals surface area contributed by atoms with Crippen LogP contribution in [0.4, 0.5) is 0 Å². The van der Waals surface area contributed by atoms with Crippen LogP contribution in [-0.4, -0.2) is 185 Å². The van der Waals surface area contributed by atoms with Gasteiger partial charge < -0.3 is 141 Å². The minimum absolute atomic E-state index is 0.131. The fraction of sp³-hybridized carbons (Fsp3) is 0.244. The molecule has 28 N–H and O–H groups in total. The number of amides is 12. The number of benzene rings is 9. The zero-order chi connectivity index (χ0) is 96.1. The maximum atomic E-state index is 15.5. The number of hydrogen-bond donors (Lipinski definition) is 27. The van der Waals surface area contributed by atoms with Crippen LogP contribution in [0.3, 0.4) is 0 Å². The molecule has 9 aromatic carbocycles. The van der Waals surface area contributed by atoms with Gasteiger partial charge in [-0.1, -0.05) is 107 Å². The first kappa shape index (κ1) is 97.9. The summed E-state index contributed by atoms with van der Waals surface area (Å²) < 4.78 is 0. The van der Waals surface area contributed by atoms with Crippen molar-refractivity contribution in [1.29, 1.82) is 0 Å². The highest BCUT2D eigenvalue weighted by Gasteiger charge is 2.41. The summed E-state index contributed by atoms with van der Waals surface area (Å²) >= 11 is 0. The third kappa shape index (κ3) is 27.1. The molecular formula is C90H95N13O28. The number of aliphatic carboxylic acids is 2. The highest BCUT2D eigenvalue weighted by Crippen LogP contribution is 2.34. The normalized spacial score (nSPS) is 14.1. The molecule has 41 nitrogen and oxygen atoms in total. The van der Waals surface area contributed by atoms with Gasteiger partial charge in [-0.15, -0.1) is 0 Å². The molecule has 0 aliphatic rings. The Morgan fingerprint density at radius 2 is 0.504 bits per heavy atom. The van der Waals surface area contributed by atoms with Crippen LogP contribution in [0.25, 0.3) is 0 Å². The molecule has 0 unspecified atom stereocenters. The predicted octanol–water partition coefficient (Wildman–Crippen LogP) is 2.71. The Morgan fingerprint density at radius 3 is 0.802 bits per heavy atom. The molecule has 0 aliphatic carbocycles. The lowest BCUT2D eigenvalue weighted by molar-refractivity contribution is -0.147. The summed E-state index contributed by atoms with van der Waals surface area (Å²) in [7, 11) is 0. The summed E-state index contributed by atoms with van der Waals surface area (Å²) in [5, 5.41) is 176. The monoisotopic (exact) mass is 1810 g/mol. The van der Waals surface area contributed by atoms with Crippen molar-refractivity contribution < 1.29 is 139 Å². The molecule has 0 fully saturated rings. The fourth-order valence-electron chi connectivity index (χ4n) is 13.6. The van der Waals surface area contributed by atoms with Crippen molar-refractivity contribution in [2.45, 2.75) is 126 Å². The molecule has 13 atom stereocenters. The maximum Gasteiger partial charge on any atom is 0.326 e. The number of carboxylic acids is 2. The van der Waals surface area contributed by atoms with Gasteiger partial charge in [0.2, 0.25) is 70.9 Å². The van der Waals surface area contributed by atoms with Crippen molar-refractivity contribution in [3.05, 3.63) is 250 Å². The number of carboxylic acid groups (broad SMARTS) is 2. The molecular weight excluding hydrogens is 1710 g/mol. The highest BCUT2D eigenvalue weighted by molar-refractivity contribution is 6.02. The van der Waals surface area contributed by atoms with Gasteiger partial charge in [0.1, 0.15) is 148 Å². The zero-order valence-corrected chi connectivity index (χ0v) is 70.2. The maximum absolute atomic E-state index is 15.5. The van der Waals surface area contributed by atoms with Crippen LogP contribution >= 0.6 is 0 Å². The van der Waals surface area contributed by atoms with Gasteiger partial charge in [0, 0.05) is 30.7 Å². The lowest BCUT2D eigenvalue weighted by atomic mass is 9.98. The number of carbonyl (C=O) groups excluding carboxylic acids is 12. The molecule has 0 saturated heterocycles. The van der Waals surface area contributed by atoms with E-state index in [0.717, 1.165) is 153 Å². The molecule has 0 heterocycles. The summed E-state index contributed by atoms with van der Waals surface area (Å²) in [4.78, 5) is 201. The number of phenols is 12. The quantitative estimate of drug-likeness (QED) is 0.0263. The van der Waals surface area contributed by atoms with Gasteiger partial charge in [0.05, 0.1) is 6.42 Å². The predicted molar refractivity (Wildman–Crippen MR) is 460 cm³/mol. The molecule has 0 spiro atoms. The first-order chi connectivity index (χ1) is 61.9. The molecule has 9 rings (SSSR count). The largest absolute Gasteiger partial charge is 0.508 e. The second kappa shape index (κ2) is 43.8. The van der Waals surface area contributed by atoms with Crippen LogP contribution in [0.2, 0.25) is 0 Å². The standard InChI is InChI=1S/C90H95N13O28/c1-41(2)69(95-86(126)74(49-28-57(108)36-58(109)29-49)98-80(120)68(91)45-11-19-53(104)20-12-45)81(121)92-43(5)78(118)97-72(47-15-23-55(106)24-16-47)84(124)103-77(52-34-63(114)39-64(115)35-52)89(129)100-73(48-17-25-56(107)26-18-48)85(125)102-75(50-30-59(110)37-60(111)31-50)87(127)96-70(42(3)4)82(122)101-76(51-32-61(112)38-62(113)33-51)88(128)99-71(46-13-21-54(105)22-14-46)83(123)93-65(27-44-9-7-6-8-10-44)79(119)94-66(90(130)131)40-67(116)117/h6-26,28-39,41-43,65-66,68-77,104-115H,27,40,91H2,1-5H3,(H,92,121)(H,93,123)(H,94,119)(H,95,126)(H,96,127)(H,97,118)(H,98,120)(H,99,128)(H,100,129)(H,101,122)(H,102,125)(H,103,124)(H,116,117)(H,130,131)/t43-,65+,66+,68-,69+,70+,71+,72+,73+,74-,75-,76-,77-/m1/s1. The molecule has 131 heavy (non-hydrogen) atoms. The number of phenolic OH excluding ortho intramolecular Hbond substituents is 12. The van der Waals surface area contributed by atoms with Crippen molar-refractivity contribution in [2.75, 3.05) is 0 Å². The lowest BCUT2D eigenvalue weighted by Crippen LogP contribution is -2.57. The number of nitrogens with two attached hydrogens (primary N) is 1. The minimum Gasteiger partial charge on any atom is -0.508 e. The molecule has 0 bridgehead atoms. The average molecular weight is 1810 g/mol. The highest BCUT2D eigenvalue weighted by atomic mass is 16.4.